The molecule has 20 heavy (non-hydrogen) atoms. The molecular weight excluding hydrogens is 274 g/mol. The lowest BCUT2D eigenvalue weighted by molar-refractivity contribution is -0.129. The van der Waals surface area contributed by atoms with Crippen LogP contribution in [0.25, 0.3) is 0 Å². The molecule has 0 saturated carbocycles. The standard InChI is InChI=1S/C15H24ClN3O/c1-5-19(6-2)15(20)11-18(4)14-9-7-8-13(16)12(14)10-17-3/h7-9,17H,5-6,10-11H2,1-4H3. The highest BCUT2D eigenvalue weighted by Crippen LogP contribution is 2.26. The maximum Gasteiger partial charge on any atom is 0.242 e. The van der Waals surface area contributed by atoms with Gasteiger partial charge in [0.15, 0.2) is 0 Å². The highest BCUT2D eigenvalue weighted by Gasteiger charge is 2.16. The molecule has 112 valence electrons. The molecule has 0 fully saturated rings. The van der Waals surface area contributed by atoms with Crippen LogP contribution in [0, 0.1) is 0 Å². The predicted molar refractivity (Wildman–Crippen MR) is 85.4 cm³/mol. The van der Waals surface area contributed by atoms with Crippen LogP contribution in [-0.4, -0.2) is 44.5 Å². The van der Waals surface area contributed by atoms with Crippen molar-refractivity contribution in [1.82, 2.24) is 10.2 Å². The molecule has 0 heterocycles. The molecule has 0 aliphatic heterocycles. The summed E-state index contributed by atoms with van der Waals surface area (Å²) in [7, 11) is 3.81. The molecule has 0 bridgehead atoms. The Balaban J connectivity index is 2.89. The van der Waals surface area contributed by atoms with Gasteiger partial charge in [0.1, 0.15) is 0 Å². The number of hydrogen-bond acceptors (Lipinski definition) is 3. The van der Waals surface area contributed by atoms with Crippen LogP contribution in [0.1, 0.15) is 19.4 Å². The maximum atomic E-state index is 12.2. The Morgan fingerprint density at radius 2 is 1.95 bits per heavy atom. The molecule has 1 N–H and O–H groups in total. The first-order chi connectivity index (χ1) is 9.54. The van der Waals surface area contributed by atoms with Crippen LogP contribution < -0.4 is 10.2 Å². The first-order valence-electron chi connectivity index (χ1n) is 6.96. The quantitative estimate of drug-likeness (QED) is 0.839. The highest BCUT2D eigenvalue weighted by molar-refractivity contribution is 6.31. The SMILES string of the molecule is CCN(CC)C(=O)CN(C)c1cccc(Cl)c1CNC. The molecule has 5 heteroatoms. The third-order valence-corrected chi connectivity index (χ3v) is 3.70. The number of anilines is 1. The minimum absolute atomic E-state index is 0.132. The topological polar surface area (TPSA) is 35.6 Å². The normalized spacial score (nSPS) is 10.4. The average molecular weight is 298 g/mol. The number of halogens is 1. The fourth-order valence-corrected chi connectivity index (χ4v) is 2.46. The Hall–Kier alpha value is -1.26. The summed E-state index contributed by atoms with van der Waals surface area (Å²) in [5, 5.41) is 3.83. The molecule has 1 amide bonds. The molecule has 0 spiro atoms. The Kier molecular flexibility index (Phi) is 6.82. The Morgan fingerprint density at radius 1 is 1.30 bits per heavy atom. The summed E-state index contributed by atoms with van der Waals surface area (Å²) in [6, 6.07) is 5.78. The summed E-state index contributed by atoms with van der Waals surface area (Å²) in [6.45, 7) is 6.50. The van der Waals surface area contributed by atoms with Gasteiger partial charge in [0.05, 0.1) is 6.54 Å². The monoisotopic (exact) mass is 297 g/mol. The number of carbonyl (C=O) groups is 1. The van der Waals surface area contributed by atoms with E-state index in [2.05, 4.69) is 5.32 Å². The minimum Gasteiger partial charge on any atom is -0.365 e. The van der Waals surface area contributed by atoms with Gasteiger partial charge in [-0.3, -0.25) is 4.79 Å². The van der Waals surface area contributed by atoms with Gasteiger partial charge in [-0.25, -0.2) is 0 Å². The minimum atomic E-state index is 0.132. The summed E-state index contributed by atoms with van der Waals surface area (Å²) >= 11 is 6.24. The van der Waals surface area contributed by atoms with E-state index in [0.717, 1.165) is 29.4 Å². The van der Waals surface area contributed by atoms with Gasteiger partial charge in [-0.1, -0.05) is 17.7 Å². The number of rotatable bonds is 7. The predicted octanol–water partition coefficient (Wildman–Crippen LogP) is 2.36. The Morgan fingerprint density at radius 3 is 2.50 bits per heavy atom. The average Bonchev–Trinajstić information content (AvgIpc) is 2.42. The van der Waals surface area contributed by atoms with Crippen molar-refractivity contribution in [2.75, 3.05) is 38.6 Å². The van der Waals surface area contributed by atoms with Crippen LogP contribution in [0.5, 0.6) is 0 Å². The number of nitrogens with one attached hydrogen (secondary N) is 1. The van der Waals surface area contributed by atoms with Gasteiger partial charge < -0.3 is 15.1 Å². The summed E-state index contributed by atoms with van der Waals surface area (Å²) < 4.78 is 0. The summed E-state index contributed by atoms with van der Waals surface area (Å²) in [4.78, 5) is 16.0. The van der Waals surface area contributed by atoms with Gasteiger partial charge in [-0.2, -0.15) is 0 Å². The van der Waals surface area contributed by atoms with Crippen LogP contribution in [0.2, 0.25) is 5.02 Å². The van der Waals surface area contributed by atoms with Crippen LogP contribution in [0.3, 0.4) is 0 Å². The zero-order valence-corrected chi connectivity index (χ0v) is 13.5. The molecule has 0 atom stereocenters. The number of hydrogen-bond donors (Lipinski definition) is 1. The molecule has 0 aliphatic rings. The maximum absolute atomic E-state index is 12.2. The van der Waals surface area contributed by atoms with Crippen molar-refractivity contribution in [2.24, 2.45) is 0 Å². The van der Waals surface area contributed by atoms with E-state index in [1.54, 1.807) is 0 Å². The van der Waals surface area contributed by atoms with E-state index in [9.17, 15) is 4.79 Å². The third-order valence-electron chi connectivity index (χ3n) is 3.35. The summed E-state index contributed by atoms with van der Waals surface area (Å²) in [6.07, 6.45) is 0. The van der Waals surface area contributed by atoms with Crippen molar-refractivity contribution < 1.29 is 4.79 Å². The molecule has 0 radical (unpaired) electrons. The van der Waals surface area contributed by atoms with Crippen LogP contribution >= 0.6 is 11.6 Å². The van der Waals surface area contributed by atoms with Crippen LogP contribution in [-0.2, 0) is 11.3 Å². The van der Waals surface area contributed by atoms with E-state index < -0.39 is 0 Å². The smallest absolute Gasteiger partial charge is 0.242 e. The van der Waals surface area contributed by atoms with Gasteiger partial charge >= 0.3 is 0 Å². The number of likely N-dealkylation sites (N-methyl/N-ethyl adjacent to an activating group) is 2. The first-order valence-corrected chi connectivity index (χ1v) is 7.33. The van der Waals surface area contributed by atoms with Gasteiger partial charge in [0.25, 0.3) is 0 Å². The van der Waals surface area contributed by atoms with Crippen LogP contribution in [0.15, 0.2) is 18.2 Å². The van der Waals surface area contributed by atoms with Gasteiger partial charge in [0, 0.05) is 43.0 Å². The Labute approximate surface area is 126 Å². The van der Waals surface area contributed by atoms with Crippen molar-refractivity contribution in [2.45, 2.75) is 20.4 Å². The van der Waals surface area contributed by atoms with E-state index in [-0.39, 0.29) is 5.91 Å². The largest absolute Gasteiger partial charge is 0.365 e. The molecule has 0 aromatic heterocycles. The van der Waals surface area contributed by atoms with Crippen molar-refractivity contribution in [3.8, 4) is 0 Å². The molecule has 0 saturated heterocycles. The number of nitrogens with zero attached hydrogens (tertiary/aromatic N) is 2. The highest BCUT2D eigenvalue weighted by atomic mass is 35.5. The zero-order chi connectivity index (χ0) is 15.1. The molecule has 1 rings (SSSR count). The second-order valence-corrected chi connectivity index (χ2v) is 5.10. The molecule has 0 unspecified atom stereocenters. The lowest BCUT2D eigenvalue weighted by Gasteiger charge is -2.26. The van der Waals surface area contributed by atoms with Gasteiger partial charge in [-0.15, -0.1) is 0 Å². The van der Waals surface area contributed by atoms with Crippen molar-refractivity contribution >= 4 is 23.2 Å². The zero-order valence-electron chi connectivity index (χ0n) is 12.7. The van der Waals surface area contributed by atoms with Crippen molar-refractivity contribution in [3.05, 3.63) is 28.8 Å². The lowest BCUT2D eigenvalue weighted by atomic mass is 10.1. The van der Waals surface area contributed by atoms with Crippen LogP contribution in [0.4, 0.5) is 5.69 Å². The Bertz CT molecular complexity index is 447. The number of carbonyl (C=O) groups excluding carboxylic acids is 1. The fourth-order valence-electron chi connectivity index (χ4n) is 2.22. The molecule has 1 aromatic carbocycles. The van der Waals surface area contributed by atoms with Gasteiger partial charge in [0.2, 0.25) is 5.91 Å². The molecule has 1 aromatic rings. The van der Waals surface area contributed by atoms with E-state index in [4.69, 9.17) is 11.6 Å². The molecule has 4 nitrogen and oxygen atoms in total. The number of benzene rings is 1. The van der Waals surface area contributed by atoms with E-state index in [1.807, 2.05) is 55.9 Å². The number of amides is 1. The first kappa shape index (κ1) is 16.8. The van der Waals surface area contributed by atoms with Gasteiger partial charge in [-0.05, 0) is 33.0 Å². The second-order valence-electron chi connectivity index (χ2n) is 4.69. The van der Waals surface area contributed by atoms with E-state index in [1.165, 1.54) is 0 Å². The molecule has 0 aliphatic carbocycles. The second kappa shape index (κ2) is 8.12. The van der Waals surface area contributed by atoms with Crippen molar-refractivity contribution in [3.63, 3.8) is 0 Å². The third kappa shape index (κ3) is 4.12. The fraction of sp³-hybridized carbons (Fsp3) is 0.533. The molecular formula is C15H24ClN3O. The summed E-state index contributed by atoms with van der Waals surface area (Å²) in [5.41, 5.74) is 2.01. The summed E-state index contributed by atoms with van der Waals surface area (Å²) in [5.74, 6) is 0.132. The van der Waals surface area contributed by atoms with E-state index in [0.29, 0.717) is 13.1 Å². The van der Waals surface area contributed by atoms with Crippen molar-refractivity contribution in [1.29, 1.82) is 0 Å². The van der Waals surface area contributed by atoms with E-state index >= 15 is 0 Å². The lowest BCUT2D eigenvalue weighted by Crippen LogP contribution is -2.39.